The van der Waals surface area contributed by atoms with Gasteiger partial charge in [-0.3, -0.25) is 4.79 Å². The number of furan rings is 1. The molecule has 0 aliphatic heterocycles. The molecule has 0 bridgehead atoms. The summed E-state index contributed by atoms with van der Waals surface area (Å²) in [7, 11) is 0. The molecule has 2 atom stereocenters. The van der Waals surface area contributed by atoms with Gasteiger partial charge in [0.2, 0.25) is 0 Å². The third-order valence-electron chi connectivity index (χ3n) is 3.49. The maximum Gasteiger partial charge on any atom is 0.194 e. The van der Waals surface area contributed by atoms with E-state index >= 15 is 0 Å². The highest BCUT2D eigenvalue weighted by Crippen LogP contribution is 2.29. The highest BCUT2D eigenvalue weighted by Gasteiger charge is 2.19. The number of nitrogens with two attached hydrogens (primary N) is 1. The Morgan fingerprint density at radius 2 is 2.14 bits per heavy atom. The molecule has 2 unspecified atom stereocenters. The van der Waals surface area contributed by atoms with Crippen molar-refractivity contribution in [2.75, 3.05) is 6.61 Å². The first-order chi connectivity index (χ1) is 9.90. The molecule has 114 valence electrons. The first-order valence-corrected chi connectivity index (χ1v) is 7.00. The number of benzene rings is 1. The van der Waals surface area contributed by atoms with E-state index < -0.39 is 6.10 Å². The summed E-state index contributed by atoms with van der Waals surface area (Å²) in [5.41, 5.74) is 6.47. The molecule has 1 aromatic heterocycles. The van der Waals surface area contributed by atoms with Crippen molar-refractivity contribution in [3.05, 3.63) is 30.0 Å². The lowest BCUT2D eigenvalue weighted by Gasteiger charge is -2.22. The standard InChI is InChI=1S/C16H21NO4/c1-9(2)16(17)12(19)8-20-13-5-4-6-14-11(13)7-15(21-14)10(3)18/h4-7,9,12,16,19H,8,17H2,1-3H3. The van der Waals surface area contributed by atoms with E-state index in [0.29, 0.717) is 22.5 Å². The SMILES string of the molecule is CC(=O)c1cc2c(OCC(O)C(N)C(C)C)cccc2o1. The zero-order valence-electron chi connectivity index (χ0n) is 12.5. The van der Waals surface area contributed by atoms with Crippen molar-refractivity contribution in [1.82, 2.24) is 0 Å². The van der Waals surface area contributed by atoms with Gasteiger partial charge in [-0.25, -0.2) is 0 Å². The van der Waals surface area contributed by atoms with Gasteiger partial charge < -0.3 is 20.0 Å². The Morgan fingerprint density at radius 3 is 2.76 bits per heavy atom. The van der Waals surface area contributed by atoms with E-state index in [1.807, 2.05) is 13.8 Å². The van der Waals surface area contributed by atoms with Gasteiger partial charge in [-0.1, -0.05) is 19.9 Å². The van der Waals surface area contributed by atoms with Gasteiger partial charge in [0.1, 0.15) is 24.0 Å². The molecule has 2 aromatic rings. The fraction of sp³-hybridized carbons (Fsp3) is 0.438. The Kier molecular flexibility index (Phi) is 4.65. The van der Waals surface area contributed by atoms with Crippen molar-refractivity contribution in [3.63, 3.8) is 0 Å². The second kappa shape index (κ2) is 6.28. The second-order valence-corrected chi connectivity index (χ2v) is 5.53. The van der Waals surface area contributed by atoms with Crippen molar-refractivity contribution >= 4 is 16.8 Å². The zero-order chi connectivity index (χ0) is 15.6. The van der Waals surface area contributed by atoms with E-state index in [0.717, 1.165) is 0 Å². The first-order valence-electron chi connectivity index (χ1n) is 7.00. The van der Waals surface area contributed by atoms with Crippen molar-refractivity contribution in [1.29, 1.82) is 0 Å². The summed E-state index contributed by atoms with van der Waals surface area (Å²) < 4.78 is 11.1. The molecule has 1 aromatic carbocycles. The predicted octanol–water partition coefficient (Wildman–Crippen LogP) is 2.36. The van der Waals surface area contributed by atoms with Gasteiger partial charge in [-0.05, 0) is 24.1 Å². The van der Waals surface area contributed by atoms with Crippen LogP contribution in [0.1, 0.15) is 31.3 Å². The zero-order valence-corrected chi connectivity index (χ0v) is 12.5. The van der Waals surface area contributed by atoms with Gasteiger partial charge in [-0.2, -0.15) is 0 Å². The molecule has 0 saturated heterocycles. The highest BCUT2D eigenvalue weighted by molar-refractivity contribution is 5.97. The van der Waals surface area contributed by atoms with Gasteiger partial charge in [-0.15, -0.1) is 0 Å². The van der Waals surface area contributed by atoms with Crippen molar-refractivity contribution in [2.45, 2.75) is 32.9 Å². The molecule has 3 N–H and O–H groups in total. The molecule has 0 fully saturated rings. The predicted molar refractivity (Wildman–Crippen MR) is 80.5 cm³/mol. The van der Waals surface area contributed by atoms with Crippen LogP contribution in [-0.4, -0.2) is 29.6 Å². The number of aliphatic hydroxyl groups is 1. The average Bonchev–Trinajstić information content (AvgIpc) is 2.88. The van der Waals surface area contributed by atoms with E-state index in [4.69, 9.17) is 14.9 Å². The van der Waals surface area contributed by atoms with Crippen LogP contribution in [0.25, 0.3) is 11.0 Å². The van der Waals surface area contributed by atoms with Gasteiger partial charge in [0.25, 0.3) is 0 Å². The maximum absolute atomic E-state index is 11.4. The summed E-state index contributed by atoms with van der Waals surface area (Å²) in [4.78, 5) is 11.4. The van der Waals surface area contributed by atoms with E-state index in [9.17, 15) is 9.90 Å². The Balaban J connectivity index is 2.17. The molecule has 0 amide bonds. The third kappa shape index (κ3) is 3.43. The summed E-state index contributed by atoms with van der Waals surface area (Å²) in [5, 5.41) is 10.7. The highest BCUT2D eigenvalue weighted by atomic mass is 16.5. The largest absolute Gasteiger partial charge is 0.490 e. The molecule has 1 heterocycles. The minimum Gasteiger partial charge on any atom is -0.490 e. The number of hydrogen-bond donors (Lipinski definition) is 2. The fourth-order valence-electron chi connectivity index (χ4n) is 2.06. The first kappa shape index (κ1) is 15.5. The summed E-state index contributed by atoms with van der Waals surface area (Å²) in [6, 6.07) is 6.63. The lowest BCUT2D eigenvalue weighted by molar-refractivity contribution is 0.0721. The number of hydrogen-bond acceptors (Lipinski definition) is 5. The van der Waals surface area contributed by atoms with E-state index in [2.05, 4.69) is 0 Å². The summed E-state index contributed by atoms with van der Waals surface area (Å²) in [6.45, 7) is 5.44. The number of carbonyl (C=O) groups excluding carboxylic acids is 1. The van der Waals surface area contributed by atoms with Gasteiger partial charge in [0, 0.05) is 13.0 Å². The quantitative estimate of drug-likeness (QED) is 0.798. The molecular formula is C16H21NO4. The van der Waals surface area contributed by atoms with Crippen LogP contribution in [0.2, 0.25) is 0 Å². The van der Waals surface area contributed by atoms with Crippen LogP contribution in [0.4, 0.5) is 0 Å². The number of fused-ring (bicyclic) bond motifs is 1. The van der Waals surface area contributed by atoms with Gasteiger partial charge in [0.15, 0.2) is 11.5 Å². The number of aliphatic hydroxyl groups excluding tert-OH is 1. The number of Topliss-reactive ketones (excluding diaryl/α,β-unsaturated/α-hetero) is 1. The Labute approximate surface area is 123 Å². The van der Waals surface area contributed by atoms with Crippen LogP contribution in [0, 0.1) is 5.92 Å². The second-order valence-electron chi connectivity index (χ2n) is 5.53. The van der Waals surface area contributed by atoms with E-state index in [1.165, 1.54) is 6.92 Å². The lowest BCUT2D eigenvalue weighted by Crippen LogP contribution is -2.42. The van der Waals surface area contributed by atoms with Crippen LogP contribution in [0.15, 0.2) is 28.7 Å². The topological polar surface area (TPSA) is 85.7 Å². The fourth-order valence-corrected chi connectivity index (χ4v) is 2.06. The molecule has 5 heteroatoms. The number of ether oxygens (including phenoxy) is 1. The Hall–Kier alpha value is -1.85. The van der Waals surface area contributed by atoms with Crippen molar-refractivity contribution < 1.29 is 19.1 Å². The normalized spacial score (nSPS) is 14.4. The van der Waals surface area contributed by atoms with E-state index in [-0.39, 0.29) is 24.3 Å². The number of rotatable bonds is 6. The Bertz CT molecular complexity index is 632. The molecular weight excluding hydrogens is 270 g/mol. The molecule has 0 saturated carbocycles. The minimum absolute atomic E-state index is 0.0963. The molecule has 5 nitrogen and oxygen atoms in total. The molecule has 0 aliphatic rings. The van der Waals surface area contributed by atoms with Gasteiger partial charge in [0.05, 0.1) is 5.39 Å². The van der Waals surface area contributed by atoms with Gasteiger partial charge >= 0.3 is 0 Å². The molecule has 21 heavy (non-hydrogen) atoms. The molecule has 0 radical (unpaired) electrons. The van der Waals surface area contributed by atoms with Crippen molar-refractivity contribution in [3.8, 4) is 5.75 Å². The number of carbonyl (C=O) groups is 1. The average molecular weight is 291 g/mol. The van der Waals surface area contributed by atoms with Crippen LogP contribution in [-0.2, 0) is 0 Å². The maximum atomic E-state index is 11.4. The lowest BCUT2D eigenvalue weighted by atomic mass is 10.0. The van der Waals surface area contributed by atoms with Crippen LogP contribution < -0.4 is 10.5 Å². The Morgan fingerprint density at radius 1 is 1.43 bits per heavy atom. The van der Waals surface area contributed by atoms with Crippen LogP contribution in [0.5, 0.6) is 5.75 Å². The monoisotopic (exact) mass is 291 g/mol. The number of ketones is 1. The molecule has 0 spiro atoms. The molecule has 0 aliphatic carbocycles. The minimum atomic E-state index is -0.751. The van der Waals surface area contributed by atoms with Crippen molar-refractivity contribution in [2.24, 2.45) is 11.7 Å². The summed E-state index contributed by atoms with van der Waals surface area (Å²) in [5.74, 6) is 0.885. The van der Waals surface area contributed by atoms with Crippen LogP contribution >= 0.6 is 0 Å². The summed E-state index contributed by atoms with van der Waals surface area (Å²) >= 11 is 0. The summed E-state index contributed by atoms with van der Waals surface area (Å²) in [6.07, 6.45) is -0.751. The smallest absolute Gasteiger partial charge is 0.194 e. The van der Waals surface area contributed by atoms with Crippen LogP contribution in [0.3, 0.4) is 0 Å². The van der Waals surface area contributed by atoms with E-state index in [1.54, 1.807) is 24.3 Å². The molecule has 2 rings (SSSR count). The third-order valence-corrected chi connectivity index (χ3v) is 3.49.